The SMILES string of the molecule is CCOc1cc(-n2cc(Br)c(=O)c([N+](=O)[O-])c2)ncn1. The van der Waals surface area contributed by atoms with E-state index in [1.807, 2.05) is 6.92 Å². The van der Waals surface area contributed by atoms with Crippen LogP contribution < -0.4 is 10.2 Å². The van der Waals surface area contributed by atoms with Crippen LogP contribution in [-0.2, 0) is 0 Å². The zero-order chi connectivity index (χ0) is 14.7. The fourth-order valence-corrected chi connectivity index (χ4v) is 1.91. The largest absolute Gasteiger partial charge is 0.478 e. The van der Waals surface area contributed by atoms with Crippen molar-refractivity contribution in [3.05, 3.63) is 49.6 Å². The van der Waals surface area contributed by atoms with Gasteiger partial charge in [0.2, 0.25) is 5.88 Å². The number of rotatable bonds is 4. The third-order valence-corrected chi connectivity index (χ3v) is 2.91. The van der Waals surface area contributed by atoms with Gasteiger partial charge in [0.1, 0.15) is 12.1 Å². The van der Waals surface area contributed by atoms with Gasteiger partial charge in [0.05, 0.1) is 22.2 Å². The molecule has 0 saturated heterocycles. The van der Waals surface area contributed by atoms with Gasteiger partial charge in [-0.25, -0.2) is 9.97 Å². The van der Waals surface area contributed by atoms with E-state index in [1.165, 1.54) is 23.2 Å². The lowest BCUT2D eigenvalue weighted by molar-refractivity contribution is -0.386. The van der Waals surface area contributed by atoms with Gasteiger partial charge in [-0.05, 0) is 22.9 Å². The van der Waals surface area contributed by atoms with Crippen LogP contribution in [0.3, 0.4) is 0 Å². The van der Waals surface area contributed by atoms with Crippen molar-refractivity contribution in [1.29, 1.82) is 0 Å². The Morgan fingerprint density at radius 3 is 2.85 bits per heavy atom. The molecule has 0 unspecified atom stereocenters. The zero-order valence-corrected chi connectivity index (χ0v) is 11.9. The number of hydrogen-bond acceptors (Lipinski definition) is 6. The van der Waals surface area contributed by atoms with Crippen molar-refractivity contribution in [2.24, 2.45) is 0 Å². The molecule has 2 rings (SSSR count). The number of nitro groups is 1. The minimum absolute atomic E-state index is 0.0725. The molecule has 0 bridgehead atoms. The van der Waals surface area contributed by atoms with E-state index < -0.39 is 16.0 Å². The molecule has 0 saturated carbocycles. The highest BCUT2D eigenvalue weighted by atomic mass is 79.9. The average molecular weight is 341 g/mol. The van der Waals surface area contributed by atoms with Gasteiger partial charge in [-0.2, -0.15) is 0 Å². The molecule has 0 fully saturated rings. The fraction of sp³-hybridized carbons (Fsp3) is 0.182. The topological polar surface area (TPSA) is 100 Å². The summed E-state index contributed by atoms with van der Waals surface area (Å²) in [5.41, 5.74) is -1.23. The second kappa shape index (κ2) is 5.78. The maximum absolute atomic E-state index is 11.6. The molecule has 2 aromatic heterocycles. The van der Waals surface area contributed by atoms with E-state index in [4.69, 9.17) is 4.74 Å². The second-order valence-electron chi connectivity index (χ2n) is 3.63. The summed E-state index contributed by atoms with van der Waals surface area (Å²) >= 11 is 3.00. The lowest BCUT2D eigenvalue weighted by Crippen LogP contribution is -2.13. The predicted molar refractivity (Wildman–Crippen MR) is 73.2 cm³/mol. The first-order chi connectivity index (χ1) is 9.52. The lowest BCUT2D eigenvalue weighted by atomic mass is 10.4. The standard InChI is InChI=1S/C11H9BrN4O4/c1-2-20-10-3-9(13-6-14-10)15-4-7(12)11(17)8(5-15)16(18)19/h3-6H,2H2,1H3. The van der Waals surface area contributed by atoms with Crippen molar-refractivity contribution in [3.63, 3.8) is 0 Å². The van der Waals surface area contributed by atoms with Crippen molar-refractivity contribution in [3.8, 4) is 11.7 Å². The van der Waals surface area contributed by atoms with E-state index in [1.54, 1.807) is 0 Å². The molecule has 9 heteroatoms. The van der Waals surface area contributed by atoms with Crippen LogP contribution >= 0.6 is 15.9 Å². The fourth-order valence-electron chi connectivity index (χ4n) is 1.49. The zero-order valence-electron chi connectivity index (χ0n) is 10.3. The summed E-state index contributed by atoms with van der Waals surface area (Å²) in [6, 6.07) is 1.52. The first-order valence-electron chi connectivity index (χ1n) is 5.54. The summed E-state index contributed by atoms with van der Waals surface area (Å²) in [6.45, 7) is 2.24. The van der Waals surface area contributed by atoms with Gasteiger partial charge in [-0.15, -0.1) is 0 Å². The Bertz CT molecular complexity index is 716. The third kappa shape index (κ3) is 2.82. The highest BCUT2D eigenvalue weighted by Crippen LogP contribution is 2.16. The van der Waals surface area contributed by atoms with Crippen LogP contribution in [0.1, 0.15) is 6.92 Å². The van der Waals surface area contributed by atoms with Crippen LogP contribution in [-0.4, -0.2) is 26.1 Å². The number of halogens is 1. The summed E-state index contributed by atoms with van der Waals surface area (Å²) in [7, 11) is 0. The molecule has 0 aromatic carbocycles. The molecule has 0 N–H and O–H groups in total. The van der Waals surface area contributed by atoms with Gasteiger partial charge in [0, 0.05) is 12.3 Å². The molecule has 0 amide bonds. The van der Waals surface area contributed by atoms with E-state index in [2.05, 4.69) is 25.9 Å². The Kier molecular flexibility index (Phi) is 4.08. The Morgan fingerprint density at radius 1 is 1.45 bits per heavy atom. The molecule has 0 aliphatic rings. The molecular weight excluding hydrogens is 332 g/mol. The van der Waals surface area contributed by atoms with Crippen LogP contribution in [0.5, 0.6) is 5.88 Å². The van der Waals surface area contributed by atoms with Gasteiger partial charge in [-0.3, -0.25) is 14.9 Å². The van der Waals surface area contributed by atoms with E-state index in [-0.39, 0.29) is 4.47 Å². The Balaban J connectivity index is 2.55. The Labute approximate surface area is 121 Å². The van der Waals surface area contributed by atoms with E-state index in [9.17, 15) is 14.9 Å². The van der Waals surface area contributed by atoms with E-state index in [0.29, 0.717) is 18.3 Å². The number of hydrogen-bond donors (Lipinski definition) is 0. The highest BCUT2D eigenvalue weighted by molar-refractivity contribution is 9.10. The molecule has 0 aliphatic carbocycles. The molecule has 2 aromatic rings. The summed E-state index contributed by atoms with van der Waals surface area (Å²) in [6.07, 6.45) is 3.77. The molecule has 8 nitrogen and oxygen atoms in total. The number of aromatic nitrogens is 3. The summed E-state index contributed by atoms with van der Waals surface area (Å²) in [5.74, 6) is 0.697. The average Bonchev–Trinajstić information content (AvgIpc) is 2.42. The van der Waals surface area contributed by atoms with Gasteiger partial charge in [0.15, 0.2) is 0 Å². The van der Waals surface area contributed by atoms with Crippen molar-refractivity contribution in [2.75, 3.05) is 6.61 Å². The quantitative estimate of drug-likeness (QED) is 0.620. The van der Waals surface area contributed by atoms with E-state index >= 15 is 0 Å². The van der Waals surface area contributed by atoms with Gasteiger partial charge in [-0.1, -0.05) is 0 Å². The van der Waals surface area contributed by atoms with Crippen LogP contribution in [0, 0.1) is 10.1 Å². The summed E-state index contributed by atoms with van der Waals surface area (Å²) < 4.78 is 6.66. The van der Waals surface area contributed by atoms with Crippen molar-refractivity contribution in [1.82, 2.24) is 14.5 Å². The van der Waals surface area contributed by atoms with Crippen LogP contribution in [0.2, 0.25) is 0 Å². The maximum atomic E-state index is 11.6. The number of nitrogens with zero attached hydrogens (tertiary/aromatic N) is 4. The van der Waals surface area contributed by atoms with Crippen LogP contribution in [0.25, 0.3) is 5.82 Å². The highest BCUT2D eigenvalue weighted by Gasteiger charge is 2.17. The number of ether oxygens (including phenoxy) is 1. The summed E-state index contributed by atoms with van der Waals surface area (Å²) in [5, 5.41) is 10.8. The summed E-state index contributed by atoms with van der Waals surface area (Å²) in [4.78, 5) is 29.6. The molecular formula is C11H9BrN4O4. The molecule has 0 atom stereocenters. The molecule has 2 heterocycles. The first-order valence-corrected chi connectivity index (χ1v) is 6.33. The minimum Gasteiger partial charge on any atom is -0.478 e. The third-order valence-electron chi connectivity index (χ3n) is 2.34. The van der Waals surface area contributed by atoms with Gasteiger partial charge < -0.3 is 9.30 Å². The van der Waals surface area contributed by atoms with E-state index in [0.717, 1.165) is 6.20 Å². The van der Waals surface area contributed by atoms with Gasteiger partial charge in [0.25, 0.3) is 5.43 Å². The normalized spacial score (nSPS) is 10.3. The maximum Gasteiger partial charge on any atom is 0.333 e. The van der Waals surface area contributed by atoms with Crippen molar-refractivity contribution >= 4 is 21.6 Å². The minimum atomic E-state index is -0.742. The van der Waals surface area contributed by atoms with Crippen LogP contribution in [0.4, 0.5) is 5.69 Å². The predicted octanol–water partition coefficient (Wildman–Crippen LogP) is 1.70. The monoisotopic (exact) mass is 340 g/mol. The first kappa shape index (κ1) is 14.1. The lowest BCUT2D eigenvalue weighted by Gasteiger charge is -2.07. The second-order valence-corrected chi connectivity index (χ2v) is 4.49. The molecule has 104 valence electrons. The smallest absolute Gasteiger partial charge is 0.333 e. The Morgan fingerprint density at radius 2 is 2.20 bits per heavy atom. The van der Waals surface area contributed by atoms with Gasteiger partial charge >= 0.3 is 5.69 Å². The van der Waals surface area contributed by atoms with Crippen LogP contribution in [0.15, 0.2) is 34.1 Å². The van der Waals surface area contributed by atoms with Crippen molar-refractivity contribution in [2.45, 2.75) is 6.92 Å². The molecule has 0 aliphatic heterocycles. The molecule has 20 heavy (non-hydrogen) atoms. The van der Waals surface area contributed by atoms with Crippen molar-refractivity contribution < 1.29 is 9.66 Å². The molecule has 0 radical (unpaired) electrons. The molecule has 0 spiro atoms. The Hall–Kier alpha value is -2.29. The number of pyridine rings is 1.